The van der Waals surface area contributed by atoms with Crippen molar-refractivity contribution in [3.63, 3.8) is 0 Å². The molecular formula is C21H30ClN3O4. The highest BCUT2D eigenvalue weighted by Gasteiger charge is 2.25. The monoisotopic (exact) mass is 423 g/mol. The Morgan fingerprint density at radius 2 is 2.00 bits per heavy atom. The Bertz CT molecular complexity index is 846. The maximum absolute atomic E-state index is 11.1. The topological polar surface area (TPSA) is 74.6 Å². The molecule has 0 radical (unpaired) electrons. The lowest BCUT2D eigenvalue weighted by atomic mass is 9.95. The maximum Gasteiger partial charge on any atom is 0.297 e. The standard InChI is InChI=1S/C21H30ClN3O4/c1-5-27-17-10-18(22)20-19(11-17)25(4)21(24-20)29-16-8-6-15(7-9-16)28-12-13(2)23-14(3)26/h10-11,13,15-16H,5-9,12H2,1-4H3,(H,23,26)/t13-,15?,16?/m0/s1. The molecular weight excluding hydrogens is 394 g/mol. The summed E-state index contributed by atoms with van der Waals surface area (Å²) in [7, 11) is 1.93. The van der Waals surface area contributed by atoms with Crippen molar-refractivity contribution in [1.82, 2.24) is 14.9 Å². The van der Waals surface area contributed by atoms with E-state index in [1.54, 1.807) is 6.07 Å². The second-order valence-corrected chi connectivity index (χ2v) is 8.02. The molecule has 0 saturated heterocycles. The molecule has 8 heteroatoms. The lowest BCUT2D eigenvalue weighted by molar-refractivity contribution is -0.120. The van der Waals surface area contributed by atoms with Gasteiger partial charge in [0.1, 0.15) is 17.4 Å². The number of halogens is 1. The number of hydrogen-bond acceptors (Lipinski definition) is 5. The number of benzene rings is 1. The van der Waals surface area contributed by atoms with Gasteiger partial charge in [-0.1, -0.05) is 11.6 Å². The number of rotatable bonds is 8. The lowest BCUT2D eigenvalue weighted by Gasteiger charge is -2.29. The van der Waals surface area contributed by atoms with Crippen molar-refractivity contribution >= 4 is 28.5 Å². The fourth-order valence-electron chi connectivity index (χ4n) is 3.69. The Labute approximate surface area is 176 Å². The first-order valence-corrected chi connectivity index (χ1v) is 10.6. The van der Waals surface area contributed by atoms with Crippen molar-refractivity contribution in [1.29, 1.82) is 0 Å². The molecule has 2 aromatic rings. The molecule has 1 aromatic heterocycles. The van der Waals surface area contributed by atoms with Gasteiger partial charge in [-0.3, -0.25) is 9.36 Å². The van der Waals surface area contributed by atoms with E-state index in [2.05, 4.69) is 10.3 Å². The third-order valence-electron chi connectivity index (χ3n) is 5.11. The van der Waals surface area contributed by atoms with Crippen LogP contribution in [0.1, 0.15) is 46.5 Å². The third-order valence-corrected chi connectivity index (χ3v) is 5.40. The van der Waals surface area contributed by atoms with Crippen LogP contribution in [-0.4, -0.2) is 46.9 Å². The van der Waals surface area contributed by atoms with E-state index in [-0.39, 0.29) is 24.2 Å². The van der Waals surface area contributed by atoms with Gasteiger partial charge in [0.05, 0.1) is 29.9 Å². The van der Waals surface area contributed by atoms with Crippen LogP contribution in [0.15, 0.2) is 12.1 Å². The molecule has 1 N–H and O–H groups in total. The molecule has 29 heavy (non-hydrogen) atoms. The van der Waals surface area contributed by atoms with E-state index in [0.29, 0.717) is 24.2 Å². The van der Waals surface area contributed by atoms with Gasteiger partial charge in [-0.2, -0.15) is 4.98 Å². The molecule has 1 aliphatic rings. The van der Waals surface area contributed by atoms with Gasteiger partial charge in [-0.25, -0.2) is 0 Å². The number of carbonyl (C=O) groups is 1. The van der Waals surface area contributed by atoms with Crippen molar-refractivity contribution in [2.45, 2.75) is 64.7 Å². The molecule has 1 heterocycles. The van der Waals surface area contributed by atoms with Crippen molar-refractivity contribution in [2.24, 2.45) is 7.05 Å². The molecule has 1 amide bonds. The Morgan fingerprint density at radius 1 is 1.31 bits per heavy atom. The Kier molecular flexibility index (Phi) is 7.24. The maximum atomic E-state index is 11.1. The Balaban J connectivity index is 1.56. The van der Waals surface area contributed by atoms with Gasteiger partial charge in [0.15, 0.2) is 0 Å². The first kappa shape index (κ1) is 21.7. The van der Waals surface area contributed by atoms with Crippen molar-refractivity contribution in [2.75, 3.05) is 13.2 Å². The summed E-state index contributed by atoms with van der Waals surface area (Å²) >= 11 is 6.38. The van der Waals surface area contributed by atoms with Crippen LogP contribution in [-0.2, 0) is 16.6 Å². The number of fused-ring (bicyclic) bond motifs is 1. The minimum absolute atomic E-state index is 0.0211. The molecule has 3 rings (SSSR count). The number of imidazole rings is 1. The molecule has 0 bridgehead atoms. The highest BCUT2D eigenvalue weighted by Crippen LogP contribution is 2.33. The molecule has 1 atom stereocenters. The van der Waals surface area contributed by atoms with E-state index in [9.17, 15) is 4.79 Å². The van der Waals surface area contributed by atoms with E-state index in [0.717, 1.165) is 42.5 Å². The molecule has 1 aromatic carbocycles. The predicted octanol–water partition coefficient (Wildman–Crippen LogP) is 3.86. The molecule has 160 valence electrons. The molecule has 1 saturated carbocycles. The minimum Gasteiger partial charge on any atom is -0.494 e. The summed E-state index contributed by atoms with van der Waals surface area (Å²) < 4.78 is 19.6. The van der Waals surface area contributed by atoms with Crippen LogP contribution in [0.3, 0.4) is 0 Å². The van der Waals surface area contributed by atoms with E-state index in [1.807, 2.05) is 31.5 Å². The Morgan fingerprint density at radius 3 is 2.66 bits per heavy atom. The van der Waals surface area contributed by atoms with Crippen LogP contribution in [0, 0.1) is 0 Å². The summed E-state index contributed by atoms with van der Waals surface area (Å²) in [6.45, 7) is 6.52. The number of amides is 1. The Hall–Kier alpha value is -1.99. The van der Waals surface area contributed by atoms with Crippen molar-refractivity contribution < 1.29 is 19.0 Å². The number of ether oxygens (including phenoxy) is 3. The average Bonchev–Trinajstić information content (AvgIpc) is 2.98. The SMILES string of the molecule is CCOc1cc(Cl)c2nc(OC3CCC(OC[C@H](C)NC(C)=O)CC3)n(C)c2c1. The zero-order chi connectivity index (χ0) is 21.0. The van der Waals surface area contributed by atoms with E-state index >= 15 is 0 Å². The van der Waals surface area contributed by atoms with E-state index in [1.165, 1.54) is 6.92 Å². The zero-order valence-electron chi connectivity index (χ0n) is 17.5. The van der Waals surface area contributed by atoms with Crippen LogP contribution in [0.5, 0.6) is 11.8 Å². The van der Waals surface area contributed by atoms with E-state index in [4.69, 9.17) is 25.8 Å². The second-order valence-electron chi connectivity index (χ2n) is 7.61. The smallest absolute Gasteiger partial charge is 0.297 e. The number of nitrogens with one attached hydrogen (secondary N) is 1. The molecule has 1 fully saturated rings. The predicted molar refractivity (Wildman–Crippen MR) is 113 cm³/mol. The summed E-state index contributed by atoms with van der Waals surface area (Å²) in [5.74, 6) is 0.694. The van der Waals surface area contributed by atoms with Gasteiger partial charge in [0, 0.05) is 32.1 Å². The van der Waals surface area contributed by atoms with E-state index < -0.39 is 0 Å². The van der Waals surface area contributed by atoms with Gasteiger partial charge >= 0.3 is 0 Å². The number of nitrogens with zero attached hydrogens (tertiary/aromatic N) is 2. The minimum atomic E-state index is -0.0332. The quantitative estimate of drug-likeness (QED) is 0.697. The molecule has 7 nitrogen and oxygen atoms in total. The highest BCUT2D eigenvalue weighted by molar-refractivity contribution is 6.35. The summed E-state index contributed by atoms with van der Waals surface area (Å²) in [5, 5.41) is 3.40. The van der Waals surface area contributed by atoms with Gasteiger partial charge < -0.3 is 19.5 Å². The van der Waals surface area contributed by atoms with Crippen molar-refractivity contribution in [3.8, 4) is 11.8 Å². The molecule has 1 aliphatic carbocycles. The van der Waals surface area contributed by atoms with Crippen LogP contribution in [0.2, 0.25) is 5.02 Å². The summed E-state index contributed by atoms with van der Waals surface area (Å²) in [6.07, 6.45) is 3.96. The highest BCUT2D eigenvalue weighted by atomic mass is 35.5. The van der Waals surface area contributed by atoms with Crippen molar-refractivity contribution in [3.05, 3.63) is 17.2 Å². The average molecular weight is 424 g/mol. The first-order valence-electron chi connectivity index (χ1n) is 10.2. The normalized spacial score (nSPS) is 20.4. The largest absolute Gasteiger partial charge is 0.494 e. The number of aromatic nitrogens is 2. The fraction of sp³-hybridized carbons (Fsp3) is 0.619. The van der Waals surface area contributed by atoms with Gasteiger partial charge in [0.2, 0.25) is 5.91 Å². The zero-order valence-corrected chi connectivity index (χ0v) is 18.3. The molecule has 0 unspecified atom stereocenters. The second kappa shape index (κ2) is 9.67. The number of aryl methyl sites for hydroxylation is 1. The summed E-state index contributed by atoms with van der Waals surface area (Å²) in [6, 6.07) is 4.31. The summed E-state index contributed by atoms with van der Waals surface area (Å²) in [5.41, 5.74) is 1.61. The molecule has 0 aliphatic heterocycles. The lowest BCUT2D eigenvalue weighted by Crippen LogP contribution is -2.37. The fourth-order valence-corrected chi connectivity index (χ4v) is 3.94. The first-order chi connectivity index (χ1) is 13.9. The number of carbonyl (C=O) groups excluding carboxylic acids is 1. The van der Waals surface area contributed by atoms with Crippen LogP contribution < -0.4 is 14.8 Å². The van der Waals surface area contributed by atoms with Gasteiger partial charge in [0.25, 0.3) is 6.01 Å². The van der Waals surface area contributed by atoms with Crippen LogP contribution in [0.25, 0.3) is 11.0 Å². The van der Waals surface area contributed by atoms with Gasteiger partial charge in [-0.05, 0) is 39.5 Å². The van der Waals surface area contributed by atoms with Gasteiger partial charge in [-0.15, -0.1) is 0 Å². The number of hydrogen-bond donors (Lipinski definition) is 1. The summed E-state index contributed by atoms with van der Waals surface area (Å²) in [4.78, 5) is 15.7. The van der Waals surface area contributed by atoms with Crippen LogP contribution in [0.4, 0.5) is 0 Å². The third kappa shape index (κ3) is 5.54. The molecule has 0 spiro atoms. The van der Waals surface area contributed by atoms with Crippen LogP contribution >= 0.6 is 11.6 Å².